The van der Waals surface area contributed by atoms with E-state index in [1.165, 1.54) is 4.90 Å². The van der Waals surface area contributed by atoms with Crippen LogP contribution in [0.25, 0.3) is 11.1 Å². The van der Waals surface area contributed by atoms with E-state index in [9.17, 15) is 9.59 Å². The summed E-state index contributed by atoms with van der Waals surface area (Å²) in [5, 5.41) is 1.70. The van der Waals surface area contributed by atoms with Crippen molar-refractivity contribution in [3.63, 3.8) is 0 Å². The maximum atomic E-state index is 13.1. The van der Waals surface area contributed by atoms with Crippen molar-refractivity contribution >= 4 is 52.4 Å². The van der Waals surface area contributed by atoms with Crippen molar-refractivity contribution in [2.24, 2.45) is 0 Å². The van der Waals surface area contributed by atoms with Gasteiger partial charge in [0, 0.05) is 39.9 Å². The predicted molar refractivity (Wildman–Crippen MR) is 128 cm³/mol. The molecule has 2 aromatic carbocycles. The monoisotopic (exact) mass is 501 g/mol. The summed E-state index contributed by atoms with van der Waals surface area (Å²) >= 11 is 18.3. The number of amides is 2. The van der Waals surface area contributed by atoms with Crippen LogP contribution in [0.1, 0.15) is 11.1 Å². The second-order valence-corrected chi connectivity index (χ2v) is 9.26. The number of anilines is 1. The molecular formula is C24H18Cl3N3O3. The van der Waals surface area contributed by atoms with Crippen molar-refractivity contribution < 1.29 is 14.3 Å². The van der Waals surface area contributed by atoms with Crippen LogP contribution in [0.3, 0.4) is 0 Å². The fourth-order valence-corrected chi connectivity index (χ4v) is 4.81. The molecule has 9 heteroatoms. The molecule has 33 heavy (non-hydrogen) atoms. The molecule has 0 spiro atoms. The van der Waals surface area contributed by atoms with Crippen LogP contribution in [0.5, 0.6) is 5.75 Å². The highest BCUT2D eigenvalue weighted by atomic mass is 35.5. The number of aromatic nitrogens is 1. The lowest BCUT2D eigenvalue weighted by atomic mass is 10.00. The van der Waals surface area contributed by atoms with Gasteiger partial charge in [-0.3, -0.25) is 14.5 Å². The fourth-order valence-electron chi connectivity index (χ4n) is 4.09. The Balaban J connectivity index is 1.37. The zero-order valence-corrected chi connectivity index (χ0v) is 19.6. The van der Waals surface area contributed by atoms with Gasteiger partial charge in [-0.1, -0.05) is 40.9 Å². The average Bonchev–Trinajstić information content (AvgIpc) is 2.79. The minimum atomic E-state index is -0.314. The van der Waals surface area contributed by atoms with Gasteiger partial charge in [-0.05, 0) is 59.5 Å². The molecule has 0 N–H and O–H groups in total. The zero-order valence-electron chi connectivity index (χ0n) is 17.4. The lowest BCUT2D eigenvalue weighted by molar-refractivity contribution is -0.132. The summed E-state index contributed by atoms with van der Waals surface area (Å²) in [4.78, 5) is 33.2. The molecule has 1 aromatic heterocycles. The molecule has 0 radical (unpaired) electrons. The molecule has 5 rings (SSSR count). The average molecular weight is 503 g/mol. The second kappa shape index (κ2) is 8.86. The van der Waals surface area contributed by atoms with Crippen LogP contribution in [-0.4, -0.2) is 41.4 Å². The molecule has 0 saturated carbocycles. The lowest BCUT2D eigenvalue weighted by Gasteiger charge is -2.33. The topological polar surface area (TPSA) is 62.7 Å². The molecule has 2 aliphatic heterocycles. The minimum absolute atomic E-state index is 0.104. The third kappa shape index (κ3) is 4.51. The molecule has 2 aliphatic rings. The number of nitrogens with zero attached hydrogens (tertiary/aromatic N) is 3. The highest BCUT2D eigenvalue weighted by molar-refractivity contribution is 6.35. The Bertz CT molecular complexity index is 1260. The number of fused-ring (bicyclic) bond motifs is 2. The Morgan fingerprint density at radius 1 is 0.970 bits per heavy atom. The molecular weight excluding hydrogens is 485 g/mol. The van der Waals surface area contributed by atoms with E-state index < -0.39 is 0 Å². The number of hydrogen-bond acceptors (Lipinski definition) is 4. The SMILES string of the molecule is O=C(CN1C(=O)COc2cc(-c3cc(Cl)cc(Cl)c3)cnc21)N1CCc2cc(Cl)ccc2C1. The van der Waals surface area contributed by atoms with Crippen molar-refractivity contribution in [3.8, 4) is 16.9 Å². The van der Waals surface area contributed by atoms with Gasteiger partial charge in [-0.15, -0.1) is 0 Å². The molecule has 2 amide bonds. The number of hydrogen-bond donors (Lipinski definition) is 0. The predicted octanol–water partition coefficient (Wildman–Crippen LogP) is 5.02. The Labute approximate surface area is 205 Å². The summed E-state index contributed by atoms with van der Waals surface area (Å²) in [6.07, 6.45) is 2.33. The van der Waals surface area contributed by atoms with E-state index in [1.807, 2.05) is 18.2 Å². The van der Waals surface area contributed by atoms with E-state index in [0.29, 0.717) is 39.7 Å². The molecule has 0 fully saturated rings. The summed E-state index contributed by atoms with van der Waals surface area (Å²) < 4.78 is 5.62. The Hall–Kier alpha value is -2.80. The van der Waals surface area contributed by atoms with Gasteiger partial charge >= 0.3 is 0 Å². The number of carbonyl (C=O) groups excluding carboxylic acids is 2. The van der Waals surface area contributed by atoms with E-state index >= 15 is 0 Å². The molecule has 0 atom stereocenters. The van der Waals surface area contributed by atoms with Gasteiger partial charge in [0.05, 0.1) is 0 Å². The quantitative estimate of drug-likeness (QED) is 0.505. The van der Waals surface area contributed by atoms with Crippen molar-refractivity contribution in [1.82, 2.24) is 9.88 Å². The van der Waals surface area contributed by atoms with Crippen LogP contribution >= 0.6 is 34.8 Å². The number of carbonyl (C=O) groups is 2. The van der Waals surface area contributed by atoms with E-state index in [-0.39, 0.29) is 25.0 Å². The first-order valence-corrected chi connectivity index (χ1v) is 11.5. The Morgan fingerprint density at radius 3 is 2.55 bits per heavy atom. The number of rotatable bonds is 3. The van der Waals surface area contributed by atoms with Crippen LogP contribution in [0.2, 0.25) is 15.1 Å². The van der Waals surface area contributed by atoms with Crippen LogP contribution in [-0.2, 0) is 22.6 Å². The van der Waals surface area contributed by atoms with Gasteiger partial charge in [0.25, 0.3) is 5.91 Å². The first-order valence-electron chi connectivity index (χ1n) is 10.3. The summed E-state index contributed by atoms with van der Waals surface area (Å²) in [7, 11) is 0. The van der Waals surface area contributed by atoms with E-state index in [0.717, 1.165) is 28.7 Å². The minimum Gasteiger partial charge on any atom is -0.480 e. The molecule has 3 aromatic rings. The van der Waals surface area contributed by atoms with Crippen molar-refractivity contribution in [1.29, 1.82) is 0 Å². The van der Waals surface area contributed by atoms with Gasteiger partial charge < -0.3 is 9.64 Å². The smallest absolute Gasteiger partial charge is 0.266 e. The van der Waals surface area contributed by atoms with Crippen molar-refractivity contribution in [2.75, 3.05) is 24.6 Å². The van der Waals surface area contributed by atoms with Crippen molar-refractivity contribution in [2.45, 2.75) is 13.0 Å². The number of ether oxygens (including phenoxy) is 1. The highest BCUT2D eigenvalue weighted by Crippen LogP contribution is 2.35. The molecule has 0 unspecified atom stereocenters. The molecule has 0 aliphatic carbocycles. The molecule has 3 heterocycles. The van der Waals surface area contributed by atoms with Gasteiger partial charge in [0.1, 0.15) is 6.54 Å². The van der Waals surface area contributed by atoms with Gasteiger partial charge in [-0.2, -0.15) is 0 Å². The third-order valence-corrected chi connectivity index (χ3v) is 6.43. The maximum absolute atomic E-state index is 13.1. The molecule has 0 bridgehead atoms. The van der Waals surface area contributed by atoms with E-state index in [2.05, 4.69) is 4.98 Å². The molecule has 168 valence electrons. The standard InChI is InChI=1S/C24H18Cl3N3O3/c25-18-2-1-15-11-29(4-3-14(15)5-18)22(31)12-30-23(32)13-33-21-8-17(10-28-24(21)30)16-6-19(26)9-20(27)7-16/h1-2,5-10H,3-4,11-13H2. The lowest BCUT2D eigenvalue weighted by Crippen LogP contribution is -2.47. The zero-order chi connectivity index (χ0) is 23.1. The number of benzene rings is 2. The Morgan fingerprint density at radius 2 is 1.76 bits per heavy atom. The number of pyridine rings is 1. The molecule has 0 saturated heterocycles. The first kappa shape index (κ1) is 22.0. The second-order valence-electron chi connectivity index (χ2n) is 7.95. The van der Waals surface area contributed by atoms with Gasteiger partial charge in [0.15, 0.2) is 18.2 Å². The summed E-state index contributed by atoms with van der Waals surface area (Å²) in [6, 6.07) is 12.7. The van der Waals surface area contributed by atoms with Gasteiger partial charge in [-0.25, -0.2) is 4.98 Å². The van der Waals surface area contributed by atoms with Crippen LogP contribution in [0.4, 0.5) is 5.82 Å². The summed E-state index contributed by atoms with van der Waals surface area (Å²) in [5.74, 6) is 0.283. The first-order chi connectivity index (χ1) is 15.9. The van der Waals surface area contributed by atoms with Crippen LogP contribution in [0.15, 0.2) is 48.7 Å². The van der Waals surface area contributed by atoms with Crippen LogP contribution < -0.4 is 9.64 Å². The van der Waals surface area contributed by atoms with Crippen molar-refractivity contribution in [3.05, 3.63) is 74.9 Å². The normalized spacial score (nSPS) is 15.1. The van der Waals surface area contributed by atoms with Gasteiger partial charge in [0.2, 0.25) is 5.91 Å². The summed E-state index contributed by atoms with van der Waals surface area (Å²) in [6.45, 7) is 0.786. The molecule has 6 nitrogen and oxygen atoms in total. The maximum Gasteiger partial charge on any atom is 0.266 e. The van der Waals surface area contributed by atoms with Crippen LogP contribution in [0, 0.1) is 0 Å². The summed E-state index contributed by atoms with van der Waals surface area (Å²) in [5.41, 5.74) is 3.73. The van der Waals surface area contributed by atoms with E-state index in [1.54, 1.807) is 35.4 Å². The third-order valence-electron chi connectivity index (χ3n) is 5.76. The highest BCUT2D eigenvalue weighted by Gasteiger charge is 2.31. The largest absolute Gasteiger partial charge is 0.480 e. The van der Waals surface area contributed by atoms with E-state index in [4.69, 9.17) is 39.5 Å². The number of halogens is 3. The fraction of sp³-hybridized carbons (Fsp3) is 0.208. The Kier molecular flexibility index (Phi) is 5.91.